The van der Waals surface area contributed by atoms with Gasteiger partial charge in [-0.05, 0) is 17.7 Å². The van der Waals surface area contributed by atoms with Crippen LogP contribution in [0.4, 0.5) is 0 Å². The number of benzene rings is 1. The molecule has 20 heavy (non-hydrogen) atoms. The molecule has 0 saturated carbocycles. The predicted molar refractivity (Wildman–Crippen MR) is 74.4 cm³/mol. The van der Waals surface area contributed by atoms with Gasteiger partial charge in [0.25, 0.3) is 0 Å². The number of aryl methyl sites for hydroxylation is 1. The van der Waals surface area contributed by atoms with E-state index in [-0.39, 0.29) is 18.1 Å². The molecule has 0 bridgehead atoms. The molecular weight excluding hydrogens is 282 g/mol. The van der Waals surface area contributed by atoms with Crippen molar-refractivity contribution in [3.05, 3.63) is 63.0 Å². The van der Waals surface area contributed by atoms with Gasteiger partial charge in [-0.15, -0.1) is 0 Å². The summed E-state index contributed by atoms with van der Waals surface area (Å²) in [6.07, 6.45) is 1.36. The maximum absolute atomic E-state index is 11.8. The number of halogens is 1. The third-order valence-electron chi connectivity index (χ3n) is 2.70. The van der Waals surface area contributed by atoms with Gasteiger partial charge in [-0.1, -0.05) is 23.7 Å². The Morgan fingerprint density at radius 1 is 1.40 bits per heavy atom. The molecule has 2 rings (SSSR count). The number of carbonyl (C=O) groups is 1. The number of carboxylic acid groups (broad SMARTS) is 1. The van der Waals surface area contributed by atoms with Crippen LogP contribution in [0.1, 0.15) is 16.1 Å². The molecule has 1 heterocycles. The zero-order valence-electron chi connectivity index (χ0n) is 10.7. The summed E-state index contributed by atoms with van der Waals surface area (Å²) in [7, 11) is 1.54. The zero-order valence-corrected chi connectivity index (χ0v) is 11.4. The Bertz CT molecular complexity index is 709. The third-order valence-corrected chi connectivity index (χ3v) is 2.94. The second kappa shape index (κ2) is 5.79. The Labute approximate surface area is 120 Å². The van der Waals surface area contributed by atoms with Gasteiger partial charge < -0.3 is 14.4 Å². The van der Waals surface area contributed by atoms with E-state index in [4.69, 9.17) is 21.4 Å². The molecule has 0 radical (unpaired) electrons. The molecule has 1 aromatic heterocycles. The summed E-state index contributed by atoms with van der Waals surface area (Å²) in [5.74, 6) is -1.07. The Balaban J connectivity index is 2.20. The van der Waals surface area contributed by atoms with Crippen LogP contribution in [0.3, 0.4) is 0 Å². The minimum absolute atomic E-state index is 0.0925. The van der Waals surface area contributed by atoms with E-state index < -0.39 is 11.4 Å². The average Bonchev–Trinajstić information content (AvgIpc) is 2.39. The normalized spacial score (nSPS) is 10.3. The highest BCUT2D eigenvalue weighted by molar-refractivity contribution is 6.30. The fourth-order valence-electron chi connectivity index (χ4n) is 1.71. The van der Waals surface area contributed by atoms with Crippen molar-refractivity contribution in [2.75, 3.05) is 0 Å². The summed E-state index contributed by atoms with van der Waals surface area (Å²) in [6, 6.07) is 8.12. The van der Waals surface area contributed by atoms with Crippen molar-refractivity contribution >= 4 is 17.6 Å². The summed E-state index contributed by atoms with van der Waals surface area (Å²) in [4.78, 5) is 22.6. The zero-order chi connectivity index (χ0) is 14.7. The molecule has 0 aliphatic heterocycles. The number of pyridine rings is 1. The molecule has 0 aliphatic carbocycles. The molecule has 0 amide bonds. The fraction of sp³-hybridized carbons (Fsp3) is 0.143. The van der Waals surface area contributed by atoms with Gasteiger partial charge in [0.15, 0.2) is 5.75 Å². The minimum atomic E-state index is -1.16. The number of aromatic nitrogens is 1. The van der Waals surface area contributed by atoms with Crippen LogP contribution < -0.4 is 10.2 Å². The molecule has 0 saturated heterocycles. The molecule has 2 aromatic rings. The first-order valence-electron chi connectivity index (χ1n) is 5.78. The van der Waals surface area contributed by atoms with Gasteiger partial charge in [0.05, 0.1) is 6.20 Å². The van der Waals surface area contributed by atoms with Crippen molar-refractivity contribution in [2.24, 2.45) is 7.05 Å². The Kier molecular flexibility index (Phi) is 4.10. The quantitative estimate of drug-likeness (QED) is 0.939. The first-order chi connectivity index (χ1) is 9.47. The third kappa shape index (κ3) is 3.19. The van der Waals surface area contributed by atoms with Gasteiger partial charge in [-0.3, -0.25) is 4.79 Å². The van der Waals surface area contributed by atoms with Gasteiger partial charge in [0.1, 0.15) is 12.3 Å². The first kappa shape index (κ1) is 14.1. The van der Waals surface area contributed by atoms with Crippen molar-refractivity contribution in [3.63, 3.8) is 0 Å². The summed E-state index contributed by atoms with van der Waals surface area (Å²) < 4.78 is 6.74. The van der Waals surface area contributed by atoms with Crippen molar-refractivity contribution in [1.29, 1.82) is 0 Å². The van der Waals surface area contributed by atoms with Gasteiger partial charge in [-0.2, -0.15) is 0 Å². The largest absolute Gasteiger partial charge is 0.483 e. The van der Waals surface area contributed by atoms with E-state index in [1.807, 2.05) is 6.07 Å². The Hall–Kier alpha value is -2.27. The number of carboxylic acids is 1. The van der Waals surface area contributed by atoms with Crippen LogP contribution in [-0.4, -0.2) is 15.6 Å². The molecule has 0 unspecified atom stereocenters. The second-order valence-corrected chi connectivity index (χ2v) is 4.66. The van der Waals surface area contributed by atoms with Crippen molar-refractivity contribution < 1.29 is 14.6 Å². The molecular formula is C14H12ClNO4. The van der Waals surface area contributed by atoms with E-state index >= 15 is 0 Å². The highest BCUT2D eigenvalue weighted by Gasteiger charge is 2.11. The molecule has 5 nitrogen and oxygen atoms in total. The van der Waals surface area contributed by atoms with Crippen LogP contribution in [0, 0.1) is 0 Å². The molecule has 104 valence electrons. The topological polar surface area (TPSA) is 68.5 Å². The number of hydrogen-bond donors (Lipinski definition) is 1. The number of rotatable bonds is 4. The number of nitrogens with zero attached hydrogens (tertiary/aromatic N) is 1. The highest BCUT2D eigenvalue weighted by atomic mass is 35.5. The van der Waals surface area contributed by atoms with E-state index in [9.17, 15) is 9.59 Å². The van der Waals surface area contributed by atoms with Crippen LogP contribution in [-0.2, 0) is 13.7 Å². The van der Waals surface area contributed by atoms with Crippen LogP contribution in [0.25, 0.3) is 0 Å². The lowest BCUT2D eigenvalue weighted by Gasteiger charge is -2.09. The number of ether oxygens (including phenoxy) is 1. The van der Waals surface area contributed by atoms with Crippen molar-refractivity contribution in [1.82, 2.24) is 4.57 Å². The van der Waals surface area contributed by atoms with E-state index in [1.165, 1.54) is 17.8 Å². The van der Waals surface area contributed by atoms with E-state index in [0.717, 1.165) is 11.6 Å². The van der Waals surface area contributed by atoms with Crippen LogP contribution in [0.5, 0.6) is 5.75 Å². The predicted octanol–water partition coefficient (Wildman–Crippen LogP) is 2.32. The maximum Gasteiger partial charge on any atom is 0.352 e. The molecule has 1 N–H and O–H groups in total. The second-order valence-electron chi connectivity index (χ2n) is 4.22. The standard InChI is InChI=1S/C14H12ClNO4/c1-16-7-13(12(17)6-11(16)14(18)19)20-8-9-3-2-4-10(15)5-9/h2-7H,8H2,1H3,(H,18,19). The summed E-state index contributed by atoms with van der Waals surface area (Å²) in [6.45, 7) is 0.183. The SMILES string of the molecule is Cn1cc(OCc2cccc(Cl)c2)c(=O)cc1C(=O)O. The number of aromatic carboxylic acids is 1. The van der Waals surface area contributed by atoms with Gasteiger partial charge in [0.2, 0.25) is 5.43 Å². The molecule has 0 atom stereocenters. The lowest BCUT2D eigenvalue weighted by atomic mass is 10.2. The highest BCUT2D eigenvalue weighted by Crippen LogP contribution is 2.13. The van der Waals surface area contributed by atoms with E-state index in [0.29, 0.717) is 5.02 Å². The Morgan fingerprint density at radius 2 is 2.15 bits per heavy atom. The van der Waals surface area contributed by atoms with Gasteiger partial charge in [0, 0.05) is 18.1 Å². The van der Waals surface area contributed by atoms with Gasteiger partial charge >= 0.3 is 5.97 Å². The smallest absolute Gasteiger partial charge is 0.352 e. The maximum atomic E-state index is 11.8. The molecule has 0 fully saturated rings. The summed E-state index contributed by atoms with van der Waals surface area (Å²) in [5, 5.41) is 9.49. The fourth-order valence-corrected chi connectivity index (χ4v) is 1.93. The van der Waals surface area contributed by atoms with Crippen LogP contribution >= 0.6 is 11.6 Å². The summed E-state index contributed by atoms with van der Waals surface area (Å²) in [5.41, 5.74) is 0.259. The molecule has 1 aromatic carbocycles. The van der Waals surface area contributed by atoms with Crippen LogP contribution in [0.15, 0.2) is 41.3 Å². The first-order valence-corrected chi connectivity index (χ1v) is 6.16. The minimum Gasteiger partial charge on any atom is -0.483 e. The average molecular weight is 294 g/mol. The monoisotopic (exact) mass is 293 g/mol. The van der Waals surface area contributed by atoms with Crippen molar-refractivity contribution in [3.8, 4) is 5.75 Å². The summed E-state index contributed by atoms with van der Waals surface area (Å²) >= 11 is 5.85. The number of hydrogen-bond acceptors (Lipinski definition) is 3. The van der Waals surface area contributed by atoms with Crippen molar-refractivity contribution in [2.45, 2.75) is 6.61 Å². The van der Waals surface area contributed by atoms with E-state index in [2.05, 4.69) is 0 Å². The van der Waals surface area contributed by atoms with E-state index in [1.54, 1.807) is 18.2 Å². The lowest BCUT2D eigenvalue weighted by molar-refractivity contribution is 0.0685. The lowest BCUT2D eigenvalue weighted by Crippen LogP contribution is -2.16. The molecule has 0 aliphatic rings. The van der Waals surface area contributed by atoms with Gasteiger partial charge in [-0.25, -0.2) is 4.79 Å². The molecule has 0 spiro atoms. The van der Waals surface area contributed by atoms with Crippen LogP contribution in [0.2, 0.25) is 5.02 Å². The molecule has 6 heteroatoms. The Morgan fingerprint density at radius 3 is 2.80 bits per heavy atom.